The molecule has 0 saturated carbocycles. The summed E-state index contributed by atoms with van der Waals surface area (Å²) in [5.41, 5.74) is 16.6. The molecule has 7 nitrogen and oxygen atoms in total. The summed E-state index contributed by atoms with van der Waals surface area (Å²) in [6.45, 7) is 2.00. The van der Waals surface area contributed by atoms with Crippen molar-refractivity contribution in [2.45, 2.75) is 25.7 Å². The van der Waals surface area contributed by atoms with E-state index in [1.165, 1.54) is 12.1 Å². The third kappa shape index (κ3) is 6.25. The Morgan fingerprint density at radius 2 is 1.52 bits per heavy atom. The molecule has 0 aliphatic heterocycles. The van der Waals surface area contributed by atoms with Crippen LogP contribution in [0.15, 0.2) is 12.1 Å². The Morgan fingerprint density at radius 1 is 0.957 bits per heavy atom. The Labute approximate surface area is 136 Å². The van der Waals surface area contributed by atoms with E-state index < -0.39 is 5.91 Å². The first-order chi connectivity index (χ1) is 11.1. The normalized spacial score (nSPS) is 10.3. The molecule has 6 N–H and O–H groups in total. The molecule has 0 aliphatic rings. The molecule has 0 atom stereocenters. The highest BCUT2D eigenvalue weighted by Crippen LogP contribution is 2.29. The van der Waals surface area contributed by atoms with Crippen molar-refractivity contribution in [3.05, 3.63) is 23.3 Å². The molecule has 7 heteroatoms. The van der Waals surface area contributed by atoms with Gasteiger partial charge in [0, 0.05) is 6.07 Å². The van der Waals surface area contributed by atoms with Gasteiger partial charge in [-0.3, -0.25) is 9.59 Å². The lowest BCUT2D eigenvalue weighted by molar-refractivity contribution is 0.0996. The highest BCUT2D eigenvalue weighted by molar-refractivity contribution is 5.98. The van der Waals surface area contributed by atoms with Gasteiger partial charge < -0.3 is 26.7 Å². The molecule has 23 heavy (non-hydrogen) atoms. The van der Waals surface area contributed by atoms with E-state index >= 15 is 0 Å². The summed E-state index contributed by atoms with van der Waals surface area (Å²) >= 11 is 0. The van der Waals surface area contributed by atoms with Gasteiger partial charge in [-0.15, -0.1) is 0 Å². The molecule has 1 amide bonds. The van der Waals surface area contributed by atoms with E-state index in [2.05, 4.69) is 0 Å². The molecule has 128 valence electrons. The lowest BCUT2D eigenvalue weighted by atomic mass is 10.1. The fraction of sp³-hybridized carbons (Fsp3) is 0.500. The summed E-state index contributed by atoms with van der Waals surface area (Å²) in [4.78, 5) is 22.7. The molecule has 0 unspecified atom stereocenters. The first kappa shape index (κ1) is 18.9. The van der Waals surface area contributed by atoms with Gasteiger partial charge in [0.15, 0.2) is 6.29 Å². The molecular weight excluding hydrogens is 298 g/mol. The van der Waals surface area contributed by atoms with Gasteiger partial charge in [0.2, 0.25) is 0 Å². The van der Waals surface area contributed by atoms with Crippen LogP contribution in [0.4, 0.5) is 0 Å². The number of unbranched alkanes of at least 4 members (excludes halogenated alkanes) is 2. The van der Waals surface area contributed by atoms with Crippen molar-refractivity contribution in [2.24, 2.45) is 17.2 Å². The molecule has 1 aromatic carbocycles. The monoisotopic (exact) mass is 323 g/mol. The number of benzene rings is 1. The third-order valence-electron chi connectivity index (χ3n) is 3.22. The fourth-order valence-corrected chi connectivity index (χ4v) is 1.96. The Morgan fingerprint density at radius 3 is 2.00 bits per heavy atom. The number of hydrogen-bond acceptors (Lipinski definition) is 6. The SMILES string of the molecule is NCCCCOc1cc(OCCCCN)c(C(N)=O)cc1C=O. The zero-order valence-corrected chi connectivity index (χ0v) is 13.3. The maximum absolute atomic E-state index is 11.5. The summed E-state index contributed by atoms with van der Waals surface area (Å²) in [6.07, 6.45) is 3.82. The second kappa shape index (κ2) is 10.6. The van der Waals surface area contributed by atoms with Crippen molar-refractivity contribution in [3.8, 4) is 11.5 Å². The minimum Gasteiger partial charge on any atom is -0.493 e. The summed E-state index contributed by atoms with van der Waals surface area (Å²) in [7, 11) is 0. The number of ether oxygens (including phenoxy) is 2. The fourth-order valence-electron chi connectivity index (χ4n) is 1.96. The molecule has 1 rings (SSSR count). The van der Waals surface area contributed by atoms with Crippen molar-refractivity contribution in [1.82, 2.24) is 0 Å². The minimum absolute atomic E-state index is 0.161. The lowest BCUT2D eigenvalue weighted by Crippen LogP contribution is -2.15. The van der Waals surface area contributed by atoms with Gasteiger partial charge in [-0.05, 0) is 44.8 Å². The van der Waals surface area contributed by atoms with Gasteiger partial charge in [-0.2, -0.15) is 0 Å². The van der Waals surface area contributed by atoms with E-state index in [-0.39, 0.29) is 11.1 Å². The third-order valence-corrected chi connectivity index (χ3v) is 3.22. The molecule has 1 aromatic rings. The van der Waals surface area contributed by atoms with Crippen molar-refractivity contribution >= 4 is 12.2 Å². The Balaban J connectivity index is 2.90. The van der Waals surface area contributed by atoms with Gasteiger partial charge in [-0.1, -0.05) is 0 Å². The van der Waals surface area contributed by atoms with Crippen LogP contribution in [0.1, 0.15) is 46.4 Å². The molecule has 0 aliphatic carbocycles. The van der Waals surface area contributed by atoms with E-state index in [1.54, 1.807) is 0 Å². The summed E-state index contributed by atoms with van der Waals surface area (Å²) < 4.78 is 11.2. The second-order valence-corrected chi connectivity index (χ2v) is 5.06. The maximum Gasteiger partial charge on any atom is 0.252 e. The highest BCUT2D eigenvalue weighted by atomic mass is 16.5. The summed E-state index contributed by atoms with van der Waals surface area (Å²) in [5, 5.41) is 0. The Hall–Kier alpha value is -2.12. The number of carbonyl (C=O) groups excluding carboxylic acids is 2. The van der Waals surface area contributed by atoms with Crippen molar-refractivity contribution in [3.63, 3.8) is 0 Å². The van der Waals surface area contributed by atoms with E-state index in [1.807, 2.05) is 0 Å². The van der Waals surface area contributed by atoms with Gasteiger partial charge in [0.05, 0.1) is 24.3 Å². The number of nitrogens with two attached hydrogens (primary N) is 3. The molecule has 0 spiro atoms. The van der Waals surface area contributed by atoms with Gasteiger partial charge in [0.25, 0.3) is 5.91 Å². The van der Waals surface area contributed by atoms with Crippen LogP contribution in [0.25, 0.3) is 0 Å². The molecule has 0 aromatic heterocycles. The first-order valence-corrected chi connectivity index (χ1v) is 7.72. The molecule has 0 heterocycles. The number of amides is 1. The molecule has 0 saturated heterocycles. The predicted octanol–water partition coefficient (Wildman–Crippen LogP) is 0.833. The van der Waals surface area contributed by atoms with Crippen LogP contribution < -0.4 is 26.7 Å². The zero-order valence-electron chi connectivity index (χ0n) is 13.3. The predicted molar refractivity (Wildman–Crippen MR) is 87.9 cm³/mol. The minimum atomic E-state index is -0.656. The second-order valence-electron chi connectivity index (χ2n) is 5.06. The Kier molecular flexibility index (Phi) is 8.71. The standard InChI is InChI=1S/C16H25N3O4/c17-5-1-3-7-22-14-10-15(23-8-4-2-6-18)13(16(19)21)9-12(14)11-20/h9-11H,1-8,17-18H2,(H2,19,21). The maximum atomic E-state index is 11.5. The summed E-state index contributed by atoms with van der Waals surface area (Å²) in [5.74, 6) is 0.0291. The average molecular weight is 323 g/mol. The van der Waals surface area contributed by atoms with Crippen LogP contribution in [0.2, 0.25) is 0 Å². The first-order valence-electron chi connectivity index (χ1n) is 7.72. The number of aldehydes is 1. The van der Waals surface area contributed by atoms with Crippen LogP contribution in [0.3, 0.4) is 0 Å². The van der Waals surface area contributed by atoms with Crippen molar-refractivity contribution < 1.29 is 19.1 Å². The van der Waals surface area contributed by atoms with Crippen LogP contribution >= 0.6 is 0 Å². The van der Waals surface area contributed by atoms with Gasteiger partial charge in [0.1, 0.15) is 11.5 Å². The average Bonchev–Trinajstić information content (AvgIpc) is 2.55. The molecule has 0 bridgehead atoms. The Bertz CT molecular complexity index is 520. The number of primary amides is 1. The zero-order chi connectivity index (χ0) is 17.1. The van der Waals surface area contributed by atoms with Gasteiger partial charge in [-0.25, -0.2) is 0 Å². The van der Waals surface area contributed by atoms with Gasteiger partial charge >= 0.3 is 0 Å². The molecular formula is C16H25N3O4. The van der Waals surface area contributed by atoms with E-state index in [0.29, 0.717) is 44.1 Å². The molecule has 0 radical (unpaired) electrons. The number of carbonyl (C=O) groups is 2. The van der Waals surface area contributed by atoms with E-state index in [0.717, 1.165) is 25.7 Å². The van der Waals surface area contributed by atoms with Crippen LogP contribution in [0.5, 0.6) is 11.5 Å². The number of hydrogen-bond donors (Lipinski definition) is 3. The lowest BCUT2D eigenvalue weighted by Gasteiger charge is -2.14. The van der Waals surface area contributed by atoms with Crippen LogP contribution in [0, 0.1) is 0 Å². The quantitative estimate of drug-likeness (QED) is 0.386. The van der Waals surface area contributed by atoms with E-state index in [4.69, 9.17) is 26.7 Å². The largest absolute Gasteiger partial charge is 0.493 e. The number of rotatable bonds is 12. The van der Waals surface area contributed by atoms with Crippen LogP contribution in [-0.2, 0) is 0 Å². The van der Waals surface area contributed by atoms with Crippen LogP contribution in [-0.4, -0.2) is 38.5 Å². The smallest absolute Gasteiger partial charge is 0.252 e. The van der Waals surface area contributed by atoms with E-state index in [9.17, 15) is 9.59 Å². The topological polar surface area (TPSA) is 131 Å². The van der Waals surface area contributed by atoms with Crippen molar-refractivity contribution in [2.75, 3.05) is 26.3 Å². The highest BCUT2D eigenvalue weighted by Gasteiger charge is 2.15. The summed E-state index contributed by atoms with van der Waals surface area (Å²) in [6, 6.07) is 2.93. The molecule has 0 fully saturated rings. The van der Waals surface area contributed by atoms with Crippen molar-refractivity contribution in [1.29, 1.82) is 0 Å².